The molecule has 5 nitrogen and oxygen atoms in total. The lowest BCUT2D eigenvalue weighted by atomic mass is 10.2. The Balaban J connectivity index is 1.57. The van der Waals surface area contributed by atoms with Crippen molar-refractivity contribution < 1.29 is 17.6 Å². The van der Waals surface area contributed by atoms with Crippen molar-refractivity contribution in [2.24, 2.45) is 0 Å². The number of anilines is 1. The van der Waals surface area contributed by atoms with Gasteiger partial charge in [-0.05, 0) is 48.9 Å². The van der Waals surface area contributed by atoms with Crippen LogP contribution in [0, 0.1) is 12.7 Å². The third-order valence-corrected chi connectivity index (χ3v) is 7.81. The van der Waals surface area contributed by atoms with Crippen molar-refractivity contribution in [3.8, 4) is 0 Å². The molecule has 0 fully saturated rings. The van der Waals surface area contributed by atoms with Crippen LogP contribution in [0.1, 0.15) is 17.5 Å². The van der Waals surface area contributed by atoms with Gasteiger partial charge in [-0.2, -0.15) is 11.8 Å². The van der Waals surface area contributed by atoms with Crippen LogP contribution in [-0.4, -0.2) is 33.2 Å². The molecular weight excluding hydrogens is 459 g/mol. The largest absolute Gasteiger partial charge is 0.354 e. The Hall–Kier alpha value is -2.84. The van der Waals surface area contributed by atoms with Gasteiger partial charge in [0.2, 0.25) is 5.91 Å². The van der Waals surface area contributed by atoms with Gasteiger partial charge in [0.1, 0.15) is 12.4 Å². The highest BCUT2D eigenvalue weighted by Crippen LogP contribution is 2.26. The average molecular weight is 487 g/mol. The molecule has 0 aromatic heterocycles. The number of carbonyl (C=O) groups excluding carboxylic acids is 1. The van der Waals surface area contributed by atoms with Crippen LogP contribution in [0.4, 0.5) is 10.1 Å². The van der Waals surface area contributed by atoms with E-state index in [0.29, 0.717) is 6.54 Å². The number of sulfonamides is 1. The summed E-state index contributed by atoms with van der Waals surface area (Å²) in [7, 11) is -4.12. The normalized spacial score (nSPS) is 11.2. The second-order valence-electron chi connectivity index (χ2n) is 7.52. The summed E-state index contributed by atoms with van der Waals surface area (Å²) in [5.41, 5.74) is 2.32. The van der Waals surface area contributed by atoms with Crippen molar-refractivity contribution in [2.75, 3.05) is 23.1 Å². The van der Waals surface area contributed by atoms with E-state index in [9.17, 15) is 17.6 Å². The van der Waals surface area contributed by atoms with Gasteiger partial charge in [0.25, 0.3) is 10.0 Å². The molecule has 3 aromatic carbocycles. The van der Waals surface area contributed by atoms with Gasteiger partial charge in [-0.25, -0.2) is 12.8 Å². The monoisotopic (exact) mass is 486 g/mol. The Morgan fingerprint density at radius 1 is 0.970 bits per heavy atom. The molecule has 0 heterocycles. The number of rotatable bonds is 11. The lowest BCUT2D eigenvalue weighted by Crippen LogP contribution is -2.41. The number of thioether (sulfide) groups is 1. The lowest BCUT2D eigenvalue weighted by molar-refractivity contribution is -0.119. The molecule has 1 amide bonds. The highest BCUT2D eigenvalue weighted by molar-refractivity contribution is 7.98. The Morgan fingerprint density at radius 2 is 1.64 bits per heavy atom. The van der Waals surface area contributed by atoms with E-state index in [0.717, 1.165) is 22.2 Å². The van der Waals surface area contributed by atoms with E-state index < -0.39 is 28.3 Å². The molecule has 3 rings (SSSR count). The number of amides is 1. The lowest BCUT2D eigenvalue weighted by Gasteiger charge is -2.24. The average Bonchev–Trinajstić information content (AvgIpc) is 2.82. The highest BCUT2D eigenvalue weighted by atomic mass is 32.2. The smallest absolute Gasteiger partial charge is 0.264 e. The maximum absolute atomic E-state index is 14.4. The van der Waals surface area contributed by atoms with Crippen LogP contribution in [0.25, 0.3) is 0 Å². The Morgan fingerprint density at radius 3 is 2.33 bits per heavy atom. The third kappa shape index (κ3) is 7.07. The van der Waals surface area contributed by atoms with Gasteiger partial charge >= 0.3 is 0 Å². The minimum Gasteiger partial charge on any atom is -0.354 e. The number of halogens is 1. The molecular formula is C25H27FN2O3S2. The number of carbonyl (C=O) groups is 1. The molecule has 0 bridgehead atoms. The maximum atomic E-state index is 14.4. The zero-order valence-electron chi connectivity index (χ0n) is 18.4. The molecule has 1 N–H and O–H groups in total. The molecule has 8 heteroatoms. The van der Waals surface area contributed by atoms with Gasteiger partial charge in [0.05, 0.1) is 10.6 Å². The number of aryl methyl sites for hydroxylation is 1. The second-order valence-corrected chi connectivity index (χ2v) is 10.5. The molecule has 0 saturated carbocycles. The number of para-hydroxylation sites is 1. The summed E-state index contributed by atoms with van der Waals surface area (Å²) in [6, 6.07) is 21.6. The fourth-order valence-electron chi connectivity index (χ4n) is 3.14. The fraction of sp³-hybridized carbons (Fsp3) is 0.240. The van der Waals surface area contributed by atoms with E-state index in [2.05, 4.69) is 36.5 Å². The van der Waals surface area contributed by atoms with Crippen LogP contribution in [0.3, 0.4) is 0 Å². The molecule has 0 aliphatic heterocycles. The number of nitrogens with one attached hydrogen (secondary N) is 1. The van der Waals surface area contributed by atoms with Crippen molar-refractivity contribution in [3.63, 3.8) is 0 Å². The predicted molar refractivity (Wildman–Crippen MR) is 132 cm³/mol. The molecule has 0 spiro atoms. The van der Waals surface area contributed by atoms with Crippen molar-refractivity contribution in [3.05, 3.63) is 95.8 Å². The molecule has 0 atom stereocenters. The number of hydrogen-bond donors (Lipinski definition) is 1. The first-order chi connectivity index (χ1) is 15.9. The summed E-state index contributed by atoms with van der Waals surface area (Å²) in [5, 5.41) is 2.75. The molecule has 3 aromatic rings. The Bertz CT molecular complexity index is 1150. The van der Waals surface area contributed by atoms with Gasteiger partial charge in [-0.15, -0.1) is 0 Å². The predicted octanol–water partition coefficient (Wildman–Crippen LogP) is 4.77. The van der Waals surface area contributed by atoms with E-state index in [-0.39, 0.29) is 10.6 Å². The van der Waals surface area contributed by atoms with Crippen molar-refractivity contribution in [1.82, 2.24) is 5.32 Å². The number of hydrogen-bond acceptors (Lipinski definition) is 4. The van der Waals surface area contributed by atoms with Gasteiger partial charge in [0.15, 0.2) is 0 Å². The standard InChI is InChI=1S/C25H27FN2O3S2/c1-20-12-14-21(15-13-20)19-32-17-7-16-27-25(29)18-28(24-11-6-5-10-23(24)26)33(30,31)22-8-3-2-4-9-22/h2-6,8-15H,7,16-19H2,1H3,(H,27,29). The van der Waals surface area contributed by atoms with Gasteiger partial charge in [-0.3, -0.25) is 9.10 Å². The summed E-state index contributed by atoms with van der Waals surface area (Å²) in [4.78, 5) is 12.5. The second kappa shape index (κ2) is 11.9. The van der Waals surface area contributed by atoms with Gasteiger partial charge < -0.3 is 5.32 Å². The van der Waals surface area contributed by atoms with Crippen molar-refractivity contribution >= 4 is 33.4 Å². The topological polar surface area (TPSA) is 66.5 Å². The molecule has 0 aliphatic rings. The SMILES string of the molecule is Cc1ccc(CSCCCNC(=O)CN(c2ccccc2F)S(=O)(=O)c2ccccc2)cc1. The van der Waals surface area contributed by atoms with Crippen molar-refractivity contribution in [2.45, 2.75) is 24.0 Å². The van der Waals surface area contributed by atoms with Crippen LogP contribution < -0.4 is 9.62 Å². The summed E-state index contributed by atoms with van der Waals surface area (Å²) in [5.74, 6) is 0.552. The summed E-state index contributed by atoms with van der Waals surface area (Å²) in [6.45, 7) is 1.96. The minimum atomic E-state index is -4.12. The van der Waals surface area contributed by atoms with E-state index in [1.165, 1.54) is 47.5 Å². The quantitative estimate of drug-likeness (QED) is 0.397. The van der Waals surface area contributed by atoms with Crippen LogP contribution in [0.15, 0.2) is 83.8 Å². The molecule has 0 aliphatic carbocycles. The number of nitrogens with zero attached hydrogens (tertiary/aromatic N) is 1. The zero-order chi connectivity index (χ0) is 23.7. The Labute approximate surface area is 199 Å². The molecule has 174 valence electrons. The molecule has 0 radical (unpaired) electrons. The van der Waals surface area contributed by atoms with Crippen LogP contribution in [0.5, 0.6) is 0 Å². The van der Waals surface area contributed by atoms with E-state index in [4.69, 9.17) is 0 Å². The number of benzene rings is 3. The first-order valence-corrected chi connectivity index (χ1v) is 13.2. The Kier molecular flexibility index (Phi) is 8.91. The third-order valence-electron chi connectivity index (χ3n) is 4.92. The van der Waals surface area contributed by atoms with Crippen LogP contribution >= 0.6 is 11.8 Å². The maximum Gasteiger partial charge on any atom is 0.264 e. The summed E-state index contributed by atoms with van der Waals surface area (Å²) < 4.78 is 41.6. The molecule has 0 unspecified atom stereocenters. The van der Waals surface area contributed by atoms with Crippen LogP contribution in [-0.2, 0) is 20.6 Å². The summed E-state index contributed by atoms with van der Waals surface area (Å²) >= 11 is 1.77. The first kappa shape index (κ1) is 24.8. The molecule has 0 saturated heterocycles. The zero-order valence-corrected chi connectivity index (χ0v) is 20.0. The highest BCUT2D eigenvalue weighted by Gasteiger charge is 2.28. The fourth-order valence-corrected chi connectivity index (χ4v) is 5.51. The van der Waals surface area contributed by atoms with Crippen molar-refractivity contribution in [1.29, 1.82) is 0 Å². The van der Waals surface area contributed by atoms with Crippen LogP contribution in [0.2, 0.25) is 0 Å². The first-order valence-electron chi connectivity index (χ1n) is 10.6. The van der Waals surface area contributed by atoms with Gasteiger partial charge in [0, 0.05) is 12.3 Å². The van der Waals surface area contributed by atoms with E-state index in [1.54, 1.807) is 30.0 Å². The molecule has 33 heavy (non-hydrogen) atoms. The van der Waals surface area contributed by atoms with E-state index >= 15 is 0 Å². The summed E-state index contributed by atoms with van der Waals surface area (Å²) in [6.07, 6.45) is 0.743. The minimum absolute atomic E-state index is 0.00596. The van der Waals surface area contributed by atoms with Gasteiger partial charge in [-0.1, -0.05) is 60.2 Å². The van der Waals surface area contributed by atoms with E-state index in [1.807, 2.05) is 0 Å².